The second-order valence-electron chi connectivity index (χ2n) is 10.6. The Hall–Kier alpha value is -4.44. The predicted octanol–water partition coefficient (Wildman–Crippen LogP) is 10.7. The standard InChI is InChI=1S/2C20H22O2/c2*1-4-14-11-12-17-18(13-14)20(22-6-3)16-10-8-7-9-15(16)19(17)21-5-2/h2*7-13H,4-6H2,1-3H3. The van der Waals surface area contributed by atoms with Gasteiger partial charge in [-0.15, -0.1) is 0 Å². The van der Waals surface area contributed by atoms with E-state index in [-0.39, 0.29) is 0 Å². The lowest BCUT2D eigenvalue weighted by molar-refractivity contribution is 0.342. The van der Waals surface area contributed by atoms with Crippen molar-refractivity contribution in [3.63, 3.8) is 0 Å². The minimum absolute atomic E-state index is 0.655. The van der Waals surface area contributed by atoms with Crippen LogP contribution < -0.4 is 18.9 Å². The highest BCUT2D eigenvalue weighted by Gasteiger charge is 2.17. The third kappa shape index (κ3) is 5.99. The van der Waals surface area contributed by atoms with Gasteiger partial charge in [0.25, 0.3) is 0 Å². The second-order valence-corrected chi connectivity index (χ2v) is 10.6. The molecule has 0 saturated heterocycles. The van der Waals surface area contributed by atoms with Crippen molar-refractivity contribution in [3.05, 3.63) is 96.1 Å². The fraction of sp³-hybridized carbons (Fsp3) is 0.300. The Labute approximate surface area is 261 Å². The van der Waals surface area contributed by atoms with Crippen molar-refractivity contribution in [2.24, 2.45) is 0 Å². The molecule has 228 valence electrons. The lowest BCUT2D eigenvalue weighted by Gasteiger charge is -2.17. The van der Waals surface area contributed by atoms with Gasteiger partial charge < -0.3 is 18.9 Å². The molecule has 0 aliphatic carbocycles. The van der Waals surface area contributed by atoms with Gasteiger partial charge in [0.2, 0.25) is 0 Å². The number of hydrogen-bond acceptors (Lipinski definition) is 4. The lowest BCUT2D eigenvalue weighted by atomic mass is 9.98. The average molecular weight is 589 g/mol. The monoisotopic (exact) mass is 588 g/mol. The van der Waals surface area contributed by atoms with Crippen molar-refractivity contribution in [1.29, 1.82) is 0 Å². The average Bonchev–Trinajstić information content (AvgIpc) is 3.07. The zero-order chi connectivity index (χ0) is 31.1. The van der Waals surface area contributed by atoms with Gasteiger partial charge in [-0.3, -0.25) is 0 Å². The highest BCUT2D eigenvalue weighted by Crippen LogP contribution is 2.44. The summed E-state index contributed by atoms with van der Waals surface area (Å²) < 4.78 is 24.0. The molecular weight excluding hydrogens is 544 g/mol. The number of benzene rings is 6. The normalized spacial score (nSPS) is 11.0. The first-order chi connectivity index (χ1) is 21.6. The third-order valence-electron chi connectivity index (χ3n) is 7.95. The van der Waals surface area contributed by atoms with Gasteiger partial charge in [0.1, 0.15) is 23.0 Å². The van der Waals surface area contributed by atoms with Crippen molar-refractivity contribution in [1.82, 2.24) is 0 Å². The van der Waals surface area contributed by atoms with E-state index >= 15 is 0 Å². The van der Waals surface area contributed by atoms with E-state index in [4.69, 9.17) is 18.9 Å². The number of hydrogen-bond donors (Lipinski definition) is 0. The maximum absolute atomic E-state index is 6.01. The molecule has 0 saturated carbocycles. The van der Waals surface area contributed by atoms with E-state index in [1.807, 2.05) is 39.8 Å². The molecule has 0 heterocycles. The number of ether oxygens (including phenoxy) is 4. The molecule has 4 nitrogen and oxygen atoms in total. The summed E-state index contributed by atoms with van der Waals surface area (Å²) in [5.41, 5.74) is 2.62. The van der Waals surface area contributed by atoms with E-state index in [2.05, 4.69) is 86.6 Å². The molecule has 0 fully saturated rings. The Kier molecular flexibility index (Phi) is 10.1. The van der Waals surface area contributed by atoms with Crippen molar-refractivity contribution < 1.29 is 18.9 Å². The molecule has 0 radical (unpaired) electrons. The minimum Gasteiger partial charge on any atom is -0.493 e. The van der Waals surface area contributed by atoms with Crippen LogP contribution in [-0.4, -0.2) is 26.4 Å². The van der Waals surface area contributed by atoms with E-state index in [1.54, 1.807) is 0 Å². The minimum atomic E-state index is 0.655. The highest BCUT2D eigenvalue weighted by molar-refractivity contribution is 6.12. The van der Waals surface area contributed by atoms with Crippen LogP contribution in [0.25, 0.3) is 43.1 Å². The molecule has 6 aromatic carbocycles. The molecule has 4 heteroatoms. The van der Waals surface area contributed by atoms with Gasteiger partial charge in [-0.1, -0.05) is 86.6 Å². The molecule has 0 bridgehead atoms. The SMILES string of the molecule is CCOc1c2ccccc2c(OCC)c2cc(CC)ccc12.CCOc1c2ccccc2c(OCC)c2cc(CC)ccc12. The van der Waals surface area contributed by atoms with Crippen LogP contribution in [-0.2, 0) is 12.8 Å². The van der Waals surface area contributed by atoms with E-state index in [9.17, 15) is 0 Å². The maximum atomic E-state index is 6.01. The largest absolute Gasteiger partial charge is 0.493 e. The molecule has 0 amide bonds. The maximum Gasteiger partial charge on any atom is 0.135 e. The zero-order valence-electron chi connectivity index (χ0n) is 27.0. The molecule has 6 rings (SSSR count). The van der Waals surface area contributed by atoms with Gasteiger partial charge >= 0.3 is 0 Å². The number of fused-ring (bicyclic) bond motifs is 4. The molecule has 0 unspecified atom stereocenters. The van der Waals surface area contributed by atoms with E-state index < -0.39 is 0 Å². The highest BCUT2D eigenvalue weighted by atomic mass is 16.5. The third-order valence-corrected chi connectivity index (χ3v) is 7.95. The molecule has 0 aliphatic rings. The van der Waals surface area contributed by atoms with Gasteiger partial charge in [-0.25, -0.2) is 0 Å². The zero-order valence-corrected chi connectivity index (χ0v) is 27.0. The number of rotatable bonds is 10. The van der Waals surface area contributed by atoms with Crippen molar-refractivity contribution in [2.45, 2.75) is 54.4 Å². The lowest BCUT2D eigenvalue weighted by Crippen LogP contribution is -1.99. The quantitative estimate of drug-likeness (QED) is 0.149. The molecule has 0 aliphatic heterocycles. The van der Waals surface area contributed by atoms with Crippen LogP contribution >= 0.6 is 0 Å². The first-order valence-electron chi connectivity index (χ1n) is 16.1. The summed E-state index contributed by atoms with van der Waals surface area (Å²) in [7, 11) is 0. The van der Waals surface area contributed by atoms with Crippen LogP contribution in [0.5, 0.6) is 23.0 Å². The predicted molar refractivity (Wildman–Crippen MR) is 186 cm³/mol. The molecule has 0 spiro atoms. The van der Waals surface area contributed by atoms with Crippen LogP contribution in [0, 0.1) is 0 Å². The van der Waals surface area contributed by atoms with Gasteiger partial charge in [-0.2, -0.15) is 0 Å². The molecule has 0 aromatic heterocycles. The fourth-order valence-corrected chi connectivity index (χ4v) is 5.93. The van der Waals surface area contributed by atoms with Crippen LogP contribution in [0.15, 0.2) is 84.9 Å². The fourth-order valence-electron chi connectivity index (χ4n) is 5.93. The molecule has 44 heavy (non-hydrogen) atoms. The van der Waals surface area contributed by atoms with E-state index in [0.717, 1.165) is 78.9 Å². The van der Waals surface area contributed by atoms with Crippen molar-refractivity contribution in [2.75, 3.05) is 26.4 Å². The summed E-state index contributed by atoms with van der Waals surface area (Å²) in [4.78, 5) is 0. The summed E-state index contributed by atoms with van der Waals surface area (Å²) in [5, 5.41) is 9.00. The Bertz CT molecular complexity index is 1750. The van der Waals surface area contributed by atoms with Crippen LogP contribution in [0.3, 0.4) is 0 Å². The van der Waals surface area contributed by atoms with E-state index in [1.165, 1.54) is 11.1 Å². The van der Waals surface area contributed by atoms with Gasteiger partial charge in [0, 0.05) is 43.1 Å². The van der Waals surface area contributed by atoms with Gasteiger partial charge in [-0.05, 0) is 63.8 Å². The molecule has 0 N–H and O–H groups in total. The first kappa shape index (κ1) is 31.0. The smallest absolute Gasteiger partial charge is 0.135 e. The molecular formula is C40H44O4. The van der Waals surface area contributed by atoms with Gasteiger partial charge in [0.15, 0.2) is 0 Å². The summed E-state index contributed by atoms with van der Waals surface area (Å²) >= 11 is 0. The summed E-state index contributed by atoms with van der Waals surface area (Å²) in [5.74, 6) is 3.84. The summed E-state index contributed by atoms with van der Waals surface area (Å²) in [6.07, 6.45) is 2.02. The second kappa shape index (κ2) is 14.4. The Balaban J connectivity index is 0.000000175. The Morgan fingerprint density at radius 2 is 0.614 bits per heavy atom. The number of aryl methyl sites for hydroxylation is 2. The summed E-state index contributed by atoms with van der Waals surface area (Å²) in [6.45, 7) is 15.1. The van der Waals surface area contributed by atoms with Crippen LogP contribution in [0.2, 0.25) is 0 Å². The van der Waals surface area contributed by atoms with Crippen molar-refractivity contribution >= 4 is 43.1 Å². The molecule has 6 aromatic rings. The van der Waals surface area contributed by atoms with E-state index in [0.29, 0.717) is 26.4 Å². The molecule has 0 atom stereocenters. The first-order valence-corrected chi connectivity index (χ1v) is 16.1. The van der Waals surface area contributed by atoms with Gasteiger partial charge in [0.05, 0.1) is 26.4 Å². The van der Waals surface area contributed by atoms with Crippen LogP contribution in [0.1, 0.15) is 52.7 Å². The van der Waals surface area contributed by atoms with Crippen molar-refractivity contribution in [3.8, 4) is 23.0 Å². The summed E-state index contributed by atoms with van der Waals surface area (Å²) in [6, 6.07) is 29.8. The Morgan fingerprint density at radius 3 is 0.886 bits per heavy atom. The van der Waals surface area contributed by atoms with Crippen LogP contribution in [0.4, 0.5) is 0 Å². The Morgan fingerprint density at radius 1 is 0.341 bits per heavy atom. The topological polar surface area (TPSA) is 36.9 Å².